The van der Waals surface area contributed by atoms with Crippen LogP contribution in [0.3, 0.4) is 0 Å². The summed E-state index contributed by atoms with van der Waals surface area (Å²) in [6, 6.07) is 8.18. The minimum atomic E-state index is -0.798. The molecule has 0 radical (unpaired) electrons. The Hall–Kier alpha value is -3.69. The Bertz CT molecular complexity index is 1130. The monoisotopic (exact) mass is 484 g/mol. The molecule has 1 saturated heterocycles. The summed E-state index contributed by atoms with van der Waals surface area (Å²) in [5.74, 6) is 0.904. The van der Waals surface area contributed by atoms with Crippen LogP contribution in [-0.4, -0.2) is 75.6 Å². The number of carbonyl (C=O) groups is 2. The van der Waals surface area contributed by atoms with Crippen LogP contribution in [-0.2, 0) is 16.1 Å². The molecule has 2 amide bonds. The molecule has 2 aliphatic heterocycles. The van der Waals surface area contributed by atoms with E-state index in [1.165, 1.54) is 16.7 Å². The van der Waals surface area contributed by atoms with Gasteiger partial charge in [0.1, 0.15) is 0 Å². The van der Waals surface area contributed by atoms with Crippen molar-refractivity contribution in [3.63, 3.8) is 0 Å². The maximum absolute atomic E-state index is 13.3. The number of nitrogens with zero attached hydrogens (tertiary/aromatic N) is 4. The quantitative estimate of drug-likeness (QED) is 0.624. The molecule has 2 aromatic rings. The number of hydrogen-bond acceptors (Lipinski definition) is 7. The number of hydrogen-bond donors (Lipinski definition) is 2. The summed E-state index contributed by atoms with van der Waals surface area (Å²) in [7, 11) is 3.14. The highest BCUT2D eigenvalue weighted by Crippen LogP contribution is 2.37. The van der Waals surface area contributed by atoms with Gasteiger partial charge in [-0.05, 0) is 44.9 Å². The van der Waals surface area contributed by atoms with Gasteiger partial charge in [-0.2, -0.15) is 5.10 Å². The largest absolute Gasteiger partial charge is 0.494 e. The van der Waals surface area contributed by atoms with E-state index in [2.05, 4.69) is 0 Å². The van der Waals surface area contributed by atoms with Gasteiger partial charge >= 0.3 is 0 Å². The molecule has 4 rings (SSSR count). The number of aromatic hydroxyl groups is 2. The molecule has 3 heterocycles. The van der Waals surface area contributed by atoms with Gasteiger partial charge in [-0.3, -0.25) is 14.2 Å². The molecule has 0 bridgehead atoms. The Labute approximate surface area is 204 Å². The lowest BCUT2D eigenvalue weighted by atomic mass is 9.83. The number of benzene rings is 1. The summed E-state index contributed by atoms with van der Waals surface area (Å²) >= 11 is 0. The minimum absolute atomic E-state index is 0.0569. The number of likely N-dealkylation sites (tertiary alicyclic amines) is 1. The van der Waals surface area contributed by atoms with E-state index in [1.54, 1.807) is 30.2 Å². The van der Waals surface area contributed by atoms with Crippen molar-refractivity contribution in [3.8, 4) is 23.3 Å². The maximum atomic E-state index is 13.3. The van der Waals surface area contributed by atoms with E-state index in [1.807, 2.05) is 26.0 Å². The first-order chi connectivity index (χ1) is 16.7. The van der Waals surface area contributed by atoms with Crippen molar-refractivity contribution in [2.75, 3.05) is 27.3 Å². The van der Waals surface area contributed by atoms with E-state index in [0.717, 1.165) is 5.56 Å². The van der Waals surface area contributed by atoms with Crippen LogP contribution >= 0.6 is 0 Å². The lowest BCUT2D eigenvalue weighted by Gasteiger charge is -2.35. The first kappa shape index (κ1) is 24.4. The second-order valence-electron chi connectivity index (χ2n) is 9.36. The molecule has 1 aromatic heterocycles. The molecule has 0 saturated carbocycles. The van der Waals surface area contributed by atoms with Crippen LogP contribution in [0.1, 0.15) is 38.7 Å². The summed E-state index contributed by atoms with van der Waals surface area (Å²) in [6.45, 7) is 4.96. The van der Waals surface area contributed by atoms with Gasteiger partial charge in [0.15, 0.2) is 23.3 Å². The zero-order valence-corrected chi connectivity index (χ0v) is 20.5. The zero-order chi connectivity index (χ0) is 25.3. The highest BCUT2D eigenvalue weighted by atomic mass is 16.5. The number of hydrazone groups is 1. The number of rotatable bonds is 7. The van der Waals surface area contributed by atoms with Crippen molar-refractivity contribution in [1.29, 1.82) is 0 Å². The van der Waals surface area contributed by atoms with E-state index < -0.39 is 5.41 Å². The highest BCUT2D eigenvalue weighted by molar-refractivity contribution is 6.19. The van der Waals surface area contributed by atoms with Crippen molar-refractivity contribution in [3.05, 3.63) is 35.9 Å². The van der Waals surface area contributed by atoms with Crippen LogP contribution in [0.2, 0.25) is 0 Å². The third-order valence-electron chi connectivity index (χ3n) is 6.85. The van der Waals surface area contributed by atoms with Crippen LogP contribution in [0, 0.1) is 5.41 Å². The first-order valence-electron chi connectivity index (χ1n) is 11.7. The minimum Gasteiger partial charge on any atom is -0.494 e. The number of aromatic nitrogens is 1. The molecule has 1 fully saturated rings. The lowest BCUT2D eigenvalue weighted by molar-refractivity contribution is -0.139. The normalized spacial score (nSPS) is 18.1. The third kappa shape index (κ3) is 4.52. The summed E-state index contributed by atoms with van der Waals surface area (Å²) < 4.78 is 12.0. The highest BCUT2D eigenvalue weighted by Gasteiger charge is 2.46. The molecule has 10 heteroatoms. The molecule has 0 atom stereocenters. The smallest absolute Gasteiger partial charge is 0.254 e. The zero-order valence-electron chi connectivity index (χ0n) is 20.5. The first-order valence-corrected chi connectivity index (χ1v) is 11.7. The molecule has 10 nitrogen and oxygen atoms in total. The van der Waals surface area contributed by atoms with Crippen molar-refractivity contribution >= 4 is 17.5 Å². The average molecular weight is 485 g/mol. The molecular weight excluding hydrogens is 452 g/mol. The molecule has 0 spiro atoms. The fourth-order valence-corrected chi connectivity index (χ4v) is 4.72. The fourth-order valence-electron chi connectivity index (χ4n) is 4.72. The van der Waals surface area contributed by atoms with Crippen LogP contribution in [0.15, 0.2) is 35.4 Å². The summed E-state index contributed by atoms with van der Waals surface area (Å²) in [6.07, 6.45) is 1.41. The molecule has 0 unspecified atom stereocenters. The number of ether oxygens (including phenoxy) is 2. The van der Waals surface area contributed by atoms with Crippen molar-refractivity contribution in [2.24, 2.45) is 10.5 Å². The van der Waals surface area contributed by atoms with E-state index in [9.17, 15) is 19.8 Å². The van der Waals surface area contributed by atoms with E-state index in [0.29, 0.717) is 43.1 Å². The standard InChI is InChI=1S/C25H32N4O6/c1-25(2)23(16-5-6-18(34-3)19(15-16)35-4)26-29(24(25)33)17-9-12-27(13-10-17)20(30)11-14-28-21(31)7-8-22(28)32/h5-8,15,17,31-32H,9-14H2,1-4H3. The summed E-state index contributed by atoms with van der Waals surface area (Å²) in [5.41, 5.74) is 0.675. The Morgan fingerprint density at radius 3 is 2.29 bits per heavy atom. The van der Waals surface area contributed by atoms with E-state index in [4.69, 9.17) is 14.6 Å². The molecule has 35 heavy (non-hydrogen) atoms. The Kier molecular flexibility index (Phi) is 6.64. The SMILES string of the molecule is COc1ccc(C2=NN(C3CCN(C(=O)CCn4c(O)ccc4O)CC3)C(=O)C2(C)C)cc1OC. The number of amides is 2. The molecule has 188 valence electrons. The van der Waals surface area contributed by atoms with Gasteiger partial charge in [0.25, 0.3) is 5.91 Å². The number of carbonyl (C=O) groups excluding carboxylic acids is 2. The van der Waals surface area contributed by atoms with Gasteiger partial charge in [0.05, 0.1) is 31.4 Å². The van der Waals surface area contributed by atoms with Gasteiger partial charge in [-0.25, -0.2) is 5.01 Å². The van der Waals surface area contributed by atoms with Gasteiger partial charge in [0, 0.05) is 43.8 Å². The van der Waals surface area contributed by atoms with Gasteiger partial charge in [-0.15, -0.1) is 0 Å². The average Bonchev–Trinajstić information content (AvgIpc) is 3.31. The van der Waals surface area contributed by atoms with Crippen LogP contribution < -0.4 is 9.47 Å². The third-order valence-corrected chi connectivity index (χ3v) is 6.85. The van der Waals surface area contributed by atoms with Gasteiger partial charge in [-0.1, -0.05) is 0 Å². The predicted octanol–water partition coefficient (Wildman–Crippen LogP) is 2.57. The van der Waals surface area contributed by atoms with Crippen LogP contribution in [0.25, 0.3) is 0 Å². The molecule has 2 N–H and O–H groups in total. The van der Waals surface area contributed by atoms with E-state index >= 15 is 0 Å². The van der Waals surface area contributed by atoms with Gasteiger partial charge in [0.2, 0.25) is 5.91 Å². The number of piperidine rings is 1. The lowest BCUT2D eigenvalue weighted by Crippen LogP contribution is -2.47. The molecule has 1 aromatic carbocycles. The van der Waals surface area contributed by atoms with Crippen LogP contribution in [0.5, 0.6) is 23.3 Å². The van der Waals surface area contributed by atoms with Crippen molar-refractivity contribution < 1.29 is 29.3 Å². The Balaban J connectivity index is 1.42. The molecular formula is C25H32N4O6. The topological polar surface area (TPSA) is 117 Å². The predicted molar refractivity (Wildman–Crippen MR) is 129 cm³/mol. The molecule has 2 aliphatic rings. The van der Waals surface area contributed by atoms with Crippen molar-refractivity contribution in [1.82, 2.24) is 14.5 Å². The molecule has 0 aliphatic carbocycles. The summed E-state index contributed by atoms with van der Waals surface area (Å²) in [4.78, 5) is 27.8. The van der Waals surface area contributed by atoms with Crippen molar-refractivity contribution in [2.45, 2.75) is 45.7 Å². The second kappa shape index (κ2) is 9.52. The van der Waals surface area contributed by atoms with Gasteiger partial charge < -0.3 is 24.6 Å². The van der Waals surface area contributed by atoms with Crippen LogP contribution in [0.4, 0.5) is 0 Å². The fraction of sp³-hybridized carbons (Fsp3) is 0.480. The number of methoxy groups -OCH3 is 2. The Morgan fingerprint density at radius 1 is 1.06 bits per heavy atom. The Morgan fingerprint density at radius 2 is 1.69 bits per heavy atom. The maximum Gasteiger partial charge on any atom is 0.254 e. The summed E-state index contributed by atoms with van der Waals surface area (Å²) in [5, 5.41) is 25.8. The second-order valence-corrected chi connectivity index (χ2v) is 9.36. The van der Waals surface area contributed by atoms with E-state index in [-0.39, 0.29) is 42.6 Å².